The fourth-order valence-electron chi connectivity index (χ4n) is 3.52. The number of ether oxygens (including phenoxy) is 2. The fraction of sp³-hybridized carbons (Fsp3) is 0.167. The molecule has 0 spiro atoms. The molecular formula is C24H20Cl2N2O4. The number of hydrogen-bond acceptors (Lipinski definition) is 5. The van der Waals surface area contributed by atoms with E-state index in [4.69, 9.17) is 32.7 Å². The molecule has 1 amide bonds. The summed E-state index contributed by atoms with van der Waals surface area (Å²) in [4.78, 5) is 24.9. The number of benzene rings is 3. The molecule has 0 radical (unpaired) electrons. The third-order valence-corrected chi connectivity index (χ3v) is 5.64. The van der Waals surface area contributed by atoms with Gasteiger partial charge in [0, 0.05) is 27.7 Å². The molecule has 0 saturated heterocycles. The van der Waals surface area contributed by atoms with Crippen molar-refractivity contribution >= 4 is 40.8 Å². The average molecular weight is 471 g/mol. The van der Waals surface area contributed by atoms with Crippen molar-refractivity contribution in [1.29, 1.82) is 0 Å². The number of halogens is 2. The van der Waals surface area contributed by atoms with E-state index >= 15 is 0 Å². The molecule has 6 nitrogen and oxygen atoms in total. The van der Waals surface area contributed by atoms with Crippen LogP contribution in [-0.4, -0.2) is 25.5 Å². The van der Waals surface area contributed by atoms with E-state index in [0.717, 1.165) is 11.3 Å². The Balaban J connectivity index is 1.50. The van der Waals surface area contributed by atoms with Crippen molar-refractivity contribution < 1.29 is 19.1 Å². The fourth-order valence-corrected chi connectivity index (χ4v) is 3.82. The maximum Gasteiger partial charge on any atom is 0.337 e. The van der Waals surface area contributed by atoms with Gasteiger partial charge in [-0.15, -0.1) is 0 Å². The molecule has 3 aromatic carbocycles. The second-order valence-electron chi connectivity index (χ2n) is 7.22. The molecule has 0 bridgehead atoms. The first-order chi connectivity index (χ1) is 15.4. The molecule has 0 fully saturated rings. The summed E-state index contributed by atoms with van der Waals surface area (Å²) in [6, 6.07) is 17.4. The van der Waals surface area contributed by atoms with E-state index in [-0.39, 0.29) is 18.5 Å². The Hall–Kier alpha value is -3.22. The van der Waals surface area contributed by atoms with Crippen LogP contribution in [-0.2, 0) is 17.8 Å². The summed E-state index contributed by atoms with van der Waals surface area (Å²) in [6.45, 7) is 0.781. The Morgan fingerprint density at radius 1 is 1.00 bits per heavy atom. The highest BCUT2D eigenvalue weighted by molar-refractivity contribution is 6.31. The molecule has 0 atom stereocenters. The van der Waals surface area contributed by atoms with Crippen molar-refractivity contribution in [3.8, 4) is 5.75 Å². The molecule has 3 aromatic rings. The number of nitrogens with zero attached hydrogens (tertiary/aromatic N) is 1. The minimum absolute atomic E-state index is 0.195. The lowest BCUT2D eigenvalue weighted by atomic mass is 10.1. The number of methoxy groups -OCH3 is 1. The quantitative estimate of drug-likeness (QED) is 0.509. The van der Waals surface area contributed by atoms with Gasteiger partial charge >= 0.3 is 5.97 Å². The van der Waals surface area contributed by atoms with Crippen LogP contribution < -0.4 is 15.2 Å². The van der Waals surface area contributed by atoms with Gasteiger partial charge in [0.2, 0.25) is 0 Å². The lowest BCUT2D eigenvalue weighted by molar-refractivity contribution is 0.0600. The normalized spacial score (nSPS) is 12.3. The van der Waals surface area contributed by atoms with Crippen molar-refractivity contribution in [3.63, 3.8) is 0 Å². The molecule has 0 saturated carbocycles. The zero-order valence-corrected chi connectivity index (χ0v) is 18.7. The van der Waals surface area contributed by atoms with Crippen LogP contribution in [0.15, 0.2) is 60.7 Å². The molecule has 0 aliphatic carbocycles. The Bertz CT molecular complexity index is 1170. The summed E-state index contributed by atoms with van der Waals surface area (Å²) in [7, 11) is 1.35. The van der Waals surface area contributed by atoms with Crippen molar-refractivity contribution in [1.82, 2.24) is 5.43 Å². The minimum atomic E-state index is -0.389. The highest BCUT2D eigenvalue weighted by Gasteiger charge is 2.24. The lowest BCUT2D eigenvalue weighted by Gasteiger charge is -2.21. The van der Waals surface area contributed by atoms with Gasteiger partial charge in [0.05, 0.1) is 18.4 Å². The third kappa shape index (κ3) is 4.82. The second-order valence-corrected chi connectivity index (χ2v) is 8.09. The lowest BCUT2D eigenvalue weighted by Crippen LogP contribution is -2.41. The Morgan fingerprint density at radius 3 is 2.50 bits per heavy atom. The van der Waals surface area contributed by atoms with Gasteiger partial charge in [-0.1, -0.05) is 29.3 Å². The van der Waals surface area contributed by atoms with E-state index in [0.29, 0.717) is 45.5 Å². The summed E-state index contributed by atoms with van der Waals surface area (Å²) in [6.07, 6.45) is 0.697. The molecule has 1 aliphatic heterocycles. The van der Waals surface area contributed by atoms with Gasteiger partial charge in [-0.05, 0) is 66.6 Å². The summed E-state index contributed by atoms with van der Waals surface area (Å²) >= 11 is 12.1. The number of nitrogens with one attached hydrogen (secondary N) is 1. The molecule has 0 unspecified atom stereocenters. The highest BCUT2D eigenvalue weighted by atomic mass is 35.5. The van der Waals surface area contributed by atoms with Gasteiger partial charge in [0.25, 0.3) is 5.91 Å². The number of carbonyl (C=O) groups is 2. The number of carbonyl (C=O) groups excluding carboxylic acids is 2. The van der Waals surface area contributed by atoms with Crippen LogP contribution >= 0.6 is 23.2 Å². The van der Waals surface area contributed by atoms with Crippen LogP contribution in [0, 0.1) is 0 Å². The zero-order valence-electron chi connectivity index (χ0n) is 17.2. The van der Waals surface area contributed by atoms with Crippen LogP contribution in [0.5, 0.6) is 5.75 Å². The van der Waals surface area contributed by atoms with E-state index < -0.39 is 0 Å². The minimum Gasteiger partial charge on any atom is -0.489 e. The number of amides is 1. The Labute approximate surface area is 195 Å². The SMILES string of the molecule is COC(=O)c1ccc2c(c1)CCN2NC(=O)c1cc(Cl)ccc1COc1ccc(Cl)cc1. The summed E-state index contributed by atoms with van der Waals surface area (Å²) in [5.41, 5.74) is 6.34. The van der Waals surface area contributed by atoms with Crippen LogP contribution in [0.2, 0.25) is 10.0 Å². The van der Waals surface area contributed by atoms with Gasteiger partial charge < -0.3 is 9.47 Å². The predicted octanol–water partition coefficient (Wildman–Crippen LogP) is 5.07. The zero-order chi connectivity index (χ0) is 22.7. The van der Waals surface area contributed by atoms with Gasteiger partial charge in [0.1, 0.15) is 12.4 Å². The van der Waals surface area contributed by atoms with Crippen molar-refractivity contribution in [2.75, 3.05) is 18.7 Å². The summed E-state index contributed by atoms with van der Waals surface area (Å²) in [5, 5.41) is 2.84. The molecule has 1 heterocycles. The van der Waals surface area contributed by atoms with Crippen molar-refractivity contribution in [2.45, 2.75) is 13.0 Å². The molecule has 0 aromatic heterocycles. The molecule has 4 rings (SSSR count). The largest absolute Gasteiger partial charge is 0.489 e. The van der Waals surface area contributed by atoms with E-state index in [1.807, 2.05) is 0 Å². The predicted molar refractivity (Wildman–Crippen MR) is 124 cm³/mol. The van der Waals surface area contributed by atoms with Gasteiger partial charge in [-0.2, -0.15) is 0 Å². The van der Waals surface area contributed by atoms with Crippen LogP contribution in [0.25, 0.3) is 0 Å². The molecule has 1 aliphatic rings. The van der Waals surface area contributed by atoms with Gasteiger partial charge in [0.15, 0.2) is 0 Å². The van der Waals surface area contributed by atoms with Crippen LogP contribution in [0.3, 0.4) is 0 Å². The first kappa shape index (κ1) is 22.0. The highest BCUT2D eigenvalue weighted by Crippen LogP contribution is 2.28. The Kier molecular flexibility index (Phi) is 6.53. The number of hydrazine groups is 1. The van der Waals surface area contributed by atoms with Gasteiger partial charge in [-0.25, -0.2) is 4.79 Å². The molecule has 8 heteroatoms. The summed E-state index contributed by atoms with van der Waals surface area (Å²) in [5.74, 6) is -0.0442. The van der Waals surface area contributed by atoms with E-state index in [9.17, 15) is 9.59 Å². The molecular weight excluding hydrogens is 451 g/mol. The maximum absolute atomic E-state index is 13.1. The number of rotatable bonds is 6. The van der Waals surface area contributed by atoms with Crippen LogP contribution in [0.4, 0.5) is 5.69 Å². The number of esters is 1. The smallest absolute Gasteiger partial charge is 0.337 e. The number of fused-ring (bicyclic) bond motifs is 1. The van der Waals surface area contributed by atoms with E-state index in [2.05, 4.69) is 5.43 Å². The van der Waals surface area contributed by atoms with Crippen molar-refractivity contribution in [3.05, 3.63) is 93.0 Å². The van der Waals surface area contributed by atoms with Gasteiger partial charge in [-0.3, -0.25) is 15.2 Å². The first-order valence-electron chi connectivity index (χ1n) is 9.91. The molecule has 1 N–H and O–H groups in total. The molecule has 164 valence electrons. The number of anilines is 1. The third-order valence-electron chi connectivity index (χ3n) is 5.16. The molecule has 32 heavy (non-hydrogen) atoms. The standard InChI is InChI=1S/C24H20Cl2N2O4/c1-31-24(30)16-3-9-22-15(12-16)10-11-28(22)27-23(29)21-13-19(26)4-2-17(21)14-32-20-7-5-18(25)6-8-20/h2-9,12-13H,10-11,14H2,1H3,(H,27,29). The van der Waals surface area contributed by atoms with E-state index in [1.165, 1.54) is 7.11 Å². The van der Waals surface area contributed by atoms with E-state index in [1.54, 1.807) is 65.7 Å². The monoisotopic (exact) mass is 470 g/mol. The Morgan fingerprint density at radius 2 is 1.75 bits per heavy atom. The average Bonchev–Trinajstić information content (AvgIpc) is 3.20. The second kappa shape index (κ2) is 9.51. The van der Waals surface area contributed by atoms with Crippen molar-refractivity contribution in [2.24, 2.45) is 0 Å². The first-order valence-corrected chi connectivity index (χ1v) is 10.7. The topological polar surface area (TPSA) is 67.9 Å². The van der Waals surface area contributed by atoms with Crippen LogP contribution in [0.1, 0.15) is 31.8 Å². The number of hydrogen-bond donors (Lipinski definition) is 1. The maximum atomic E-state index is 13.1. The summed E-state index contributed by atoms with van der Waals surface area (Å²) < 4.78 is 10.6.